The van der Waals surface area contributed by atoms with Crippen molar-refractivity contribution >= 4 is 5.97 Å². The van der Waals surface area contributed by atoms with Crippen LogP contribution in [0.5, 0.6) is 0 Å². The van der Waals surface area contributed by atoms with Crippen LogP contribution < -0.4 is 0 Å². The van der Waals surface area contributed by atoms with Gasteiger partial charge in [0.1, 0.15) is 5.60 Å². The van der Waals surface area contributed by atoms with Crippen LogP contribution in [0.4, 0.5) is 0 Å². The predicted molar refractivity (Wildman–Crippen MR) is 72.3 cm³/mol. The van der Waals surface area contributed by atoms with Crippen LogP contribution in [-0.2, 0) is 14.3 Å². The van der Waals surface area contributed by atoms with Crippen molar-refractivity contribution in [3.63, 3.8) is 0 Å². The molecule has 1 aliphatic heterocycles. The summed E-state index contributed by atoms with van der Waals surface area (Å²) in [6, 6.07) is 0. The summed E-state index contributed by atoms with van der Waals surface area (Å²) in [4.78, 5) is 12.6. The van der Waals surface area contributed by atoms with E-state index < -0.39 is 5.41 Å². The zero-order valence-electron chi connectivity index (χ0n) is 12.7. The summed E-state index contributed by atoms with van der Waals surface area (Å²) in [5, 5.41) is 0. The molecule has 0 spiro atoms. The largest absolute Gasteiger partial charge is 0.459 e. The third kappa shape index (κ3) is 3.05. The lowest BCUT2D eigenvalue weighted by Crippen LogP contribution is -2.46. The van der Waals surface area contributed by atoms with E-state index in [1.165, 1.54) is 0 Å². The molecule has 3 heteroatoms. The first-order valence-electron chi connectivity index (χ1n) is 7.03. The van der Waals surface area contributed by atoms with E-state index in [0.717, 1.165) is 12.8 Å². The van der Waals surface area contributed by atoms with Crippen molar-refractivity contribution in [1.82, 2.24) is 0 Å². The highest BCUT2D eigenvalue weighted by atomic mass is 16.6. The van der Waals surface area contributed by atoms with Crippen LogP contribution in [0.3, 0.4) is 0 Å². The molecule has 0 unspecified atom stereocenters. The van der Waals surface area contributed by atoms with Crippen molar-refractivity contribution in [3.8, 4) is 0 Å². The molecule has 0 aromatic carbocycles. The minimum atomic E-state index is -0.415. The smallest absolute Gasteiger partial charge is 0.312 e. The van der Waals surface area contributed by atoms with Gasteiger partial charge in [-0.15, -0.1) is 0 Å². The first kappa shape index (κ1) is 15.5. The highest BCUT2D eigenvalue weighted by molar-refractivity contribution is 5.77. The standard InChI is InChI=1S/C15H28O3/c1-11(2)15(6,12(3)4)13(16)18-14(5)7-9-17-10-8-14/h11-12H,7-10H2,1-6H3. The van der Waals surface area contributed by atoms with Gasteiger partial charge in [0.05, 0.1) is 18.6 Å². The molecular weight excluding hydrogens is 228 g/mol. The van der Waals surface area contributed by atoms with Crippen molar-refractivity contribution in [1.29, 1.82) is 0 Å². The molecule has 3 nitrogen and oxygen atoms in total. The number of hydrogen-bond donors (Lipinski definition) is 0. The van der Waals surface area contributed by atoms with Crippen molar-refractivity contribution in [2.75, 3.05) is 13.2 Å². The summed E-state index contributed by atoms with van der Waals surface area (Å²) < 4.78 is 11.2. The minimum Gasteiger partial charge on any atom is -0.459 e. The number of carbonyl (C=O) groups is 1. The Bertz CT molecular complexity index is 280. The number of rotatable bonds is 4. The van der Waals surface area contributed by atoms with Gasteiger partial charge in [-0.3, -0.25) is 4.79 Å². The average Bonchev–Trinajstić information content (AvgIpc) is 2.27. The van der Waals surface area contributed by atoms with Gasteiger partial charge in [0.25, 0.3) is 0 Å². The fourth-order valence-electron chi connectivity index (χ4n) is 2.38. The highest BCUT2D eigenvalue weighted by Crippen LogP contribution is 2.39. The number of esters is 1. The summed E-state index contributed by atoms with van der Waals surface area (Å²) in [5.41, 5.74) is -0.762. The zero-order valence-corrected chi connectivity index (χ0v) is 12.7. The summed E-state index contributed by atoms with van der Waals surface area (Å²) in [6.07, 6.45) is 1.59. The van der Waals surface area contributed by atoms with E-state index >= 15 is 0 Å². The maximum absolute atomic E-state index is 12.6. The van der Waals surface area contributed by atoms with Crippen LogP contribution in [0.1, 0.15) is 54.4 Å². The molecule has 1 rings (SSSR count). The molecule has 0 saturated carbocycles. The lowest BCUT2D eigenvalue weighted by atomic mass is 9.70. The van der Waals surface area contributed by atoms with E-state index in [1.54, 1.807) is 0 Å². The fourth-order valence-corrected chi connectivity index (χ4v) is 2.38. The second-order valence-electron chi connectivity index (χ2n) is 6.54. The van der Waals surface area contributed by atoms with E-state index in [1.807, 2.05) is 13.8 Å². The second-order valence-corrected chi connectivity index (χ2v) is 6.54. The second kappa shape index (κ2) is 5.60. The van der Waals surface area contributed by atoms with Gasteiger partial charge in [-0.1, -0.05) is 27.7 Å². The molecule has 18 heavy (non-hydrogen) atoms. The van der Waals surface area contributed by atoms with Crippen LogP contribution in [0, 0.1) is 17.3 Å². The molecule has 0 aliphatic carbocycles. The predicted octanol–water partition coefficient (Wildman–Crippen LogP) is 3.42. The molecule has 0 aromatic rings. The van der Waals surface area contributed by atoms with Gasteiger partial charge >= 0.3 is 5.97 Å². The minimum absolute atomic E-state index is 0.0584. The molecule has 106 valence electrons. The van der Waals surface area contributed by atoms with Crippen molar-refractivity contribution < 1.29 is 14.3 Å². The lowest BCUT2D eigenvalue weighted by molar-refractivity contribution is -0.183. The molecule has 0 aromatic heterocycles. The zero-order chi connectivity index (χ0) is 14.0. The van der Waals surface area contributed by atoms with Crippen LogP contribution in [-0.4, -0.2) is 24.8 Å². The summed E-state index contributed by atoms with van der Waals surface area (Å²) in [5.74, 6) is 0.485. The first-order chi connectivity index (χ1) is 8.22. The Hall–Kier alpha value is -0.570. The van der Waals surface area contributed by atoms with Gasteiger partial charge in [-0.05, 0) is 25.7 Å². The Morgan fingerprint density at radius 1 is 1.17 bits per heavy atom. The molecule has 0 N–H and O–H groups in total. The molecule has 1 heterocycles. The monoisotopic (exact) mass is 256 g/mol. The molecule has 1 fully saturated rings. The van der Waals surface area contributed by atoms with Crippen LogP contribution in [0.2, 0.25) is 0 Å². The molecule has 1 saturated heterocycles. The fraction of sp³-hybridized carbons (Fsp3) is 0.933. The van der Waals surface area contributed by atoms with Gasteiger partial charge in [0.2, 0.25) is 0 Å². The molecular formula is C15H28O3. The SMILES string of the molecule is CC(C)C(C)(C(=O)OC1(C)CCOCC1)C(C)C. The topological polar surface area (TPSA) is 35.5 Å². The Balaban J connectivity index is 2.79. The maximum Gasteiger partial charge on any atom is 0.312 e. The lowest BCUT2D eigenvalue weighted by Gasteiger charge is -2.40. The molecule has 0 bridgehead atoms. The summed E-state index contributed by atoms with van der Waals surface area (Å²) in [6.45, 7) is 13.8. The van der Waals surface area contributed by atoms with E-state index in [9.17, 15) is 4.79 Å². The Morgan fingerprint density at radius 2 is 1.61 bits per heavy atom. The van der Waals surface area contributed by atoms with Crippen molar-refractivity contribution in [2.45, 2.75) is 60.0 Å². The van der Waals surface area contributed by atoms with E-state index in [2.05, 4.69) is 27.7 Å². The average molecular weight is 256 g/mol. The van der Waals surface area contributed by atoms with Crippen molar-refractivity contribution in [3.05, 3.63) is 0 Å². The first-order valence-corrected chi connectivity index (χ1v) is 7.03. The third-order valence-corrected chi connectivity index (χ3v) is 4.73. The number of ether oxygens (including phenoxy) is 2. The number of carbonyl (C=O) groups excluding carboxylic acids is 1. The third-order valence-electron chi connectivity index (χ3n) is 4.73. The molecule has 0 atom stereocenters. The van der Waals surface area contributed by atoms with Gasteiger partial charge < -0.3 is 9.47 Å². The van der Waals surface area contributed by atoms with Gasteiger partial charge in [-0.25, -0.2) is 0 Å². The summed E-state index contributed by atoms with van der Waals surface area (Å²) >= 11 is 0. The number of hydrogen-bond acceptors (Lipinski definition) is 3. The molecule has 1 aliphatic rings. The van der Waals surface area contributed by atoms with Gasteiger partial charge in [0, 0.05) is 12.8 Å². The van der Waals surface area contributed by atoms with Crippen LogP contribution in [0.25, 0.3) is 0 Å². The maximum atomic E-state index is 12.6. The van der Waals surface area contributed by atoms with Crippen molar-refractivity contribution in [2.24, 2.45) is 17.3 Å². The van der Waals surface area contributed by atoms with E-state index in [0.29, 0.717) is 13.2 Å². The normalized spacial score (nSPS) is 20.2. The van der Waals surface area contributed by atoms with E-state index in [4.69, 9.17) is 9.47 Å². The molecule has 0 radical (unpaired) electrons. The van der Waals surface area contributed by atoms with Crippen LogP contribution in [0.15, 0.2) is 0 Å². The van der Waals surface area contributed by atoms with Crippen LogP contribution >= 0.6 is 0 Å². The van der Waals surface area contributed by atoms with Gasteiger partial charge in [-0.2, -0.15) is 0 Å². The highest BCUT2D eigenvalue weighted by Gasteiger charge is 2.44. The van der Waals surface area contributed by atoms with E-state index in [-0.39, 0.29) is 23.4 Å². The summed E-state index contributed by atoms with van der Waals surface area (Å²) in [7, 11) is 0. The Morgan fingerprint density at radius 3 is 2.00 bits per heavy atom. The molecule has 0 amide bonds. The van der Waals surface area contributed by atoms with Gasteiger partial charge in [0.15, 0.2) is 0 Å². The Kier molecular flexibility index (Phi) is 4.82. The Labute approximate surface area is 111 Å². The quantitative estimate of drug-likeness (QED) is 0.723.